The van der Waals surface area contributed by atoms with Gasteiger partial charge in [0.1, 0.15) is 0 Å². The minimum absolute atomic E-state index is 0.859. The second-order valence-corrected chi connectivity index (χ2v) is 7.07. The molecule has 0 unspecified atom stereocenters. The zero-order valence-corrected chi connectivity index (χ0v) is 15.4. The van der Waals surface area contributed by atoms with Crippen LogP contribution in [0, 0.1) is 0 Å². The highest BCUT2D eigenvalue weighted by molar-refractivity contribution is 9.10. The van der Waals surface area contributed by atoms with Crippen LogP contribution in [0.5, 0.6) is 0 Å². The Hall–Kier alpha value is -2.98. The SMILES string of the molecule is Brc1ccc(-c2cnn3c(-c4cccc5ccccc45)ccnc23)cc1. The minimum atomic E-state index is 0.859. The van der Waals surface area contributed by atoms with Gasteiger partial charge in [0.2, 0.25) is 0 Å². The summed E-state index contributed by atoms with van der Waals surface area (Å²) in [7, 11) is 0. The van der Waals surface area contributed by atoms with Crippen molar-refractivity contribution in [3.05, 3.63) is 89.7 Å². The number of nitrogens with zero attached hydrogens (tertiary/aromatic N) is 3. The number of hydrogen-bond acceptors (Lipinski definition) is 2. The van der Waals surface area contributed by atoms with Crippen molar-refractivity contribution in [1.82, 2.24) is 14.6 Å². The fraction of sp³-hybridized carbons (Fsp3) is 0. The lowest BCUT2D eigenvalue weighted by atomic mass is 10.0. The summed E-state index contributed by atoms with van der Waals surface area (Å²) in [6.07, 6.45) is 3.75. The van der Waals surface area contributed by atoms with E-state index in [2.05, 4.69) is 80.6 Å². The van der Waals surface area contributed by atoms with E-state index in [9.17, 15) is 0 Å². The first-order valence-corrected chi connectivity index (χ1v) is 9.17. The maximum atomic E-state index is 4.64. The van der Waals surface area contributed by atoms with Crippen LogP contribution in [0.2, 0.25) is 0 Å². The second kappa shape index (κ2) is 6.07. The van der Waals surface area contributed by atoms with Crippen LogP contribution in [-0.2, 0) is 0 Å². The smallest absolute Gasteiger partial charge is 0.163 e. The van der Waals surface area contributed by atoms with Crippen LogP contribution in [0.1, 0.15) is 0 Å². The Bertz CT molecular complexity index is 1230. The van der Waals surface area contributed by atoms with E-state index in [0.29, 0.717) is 0 Å². The second-order valence-electron chi connectivity index (χ2n) is 6.16. The van der Waals surface area contributed by atoms with Crippen molar-refractivity contribution in [3.63, 3.8) is 0 Å². The van der Waals surface area contributed by atoms with E-state index in [0.717, 1.165) is 32.5 Å². The lowest BCUT2D eigenvalue weighted by molar-refractivity contribution is 0.949. The van der Waals surface area contributed by atoms with Gasteiger partial charge in [-0.2, -0.15) is 5.10 Å². The molecule has 0 aliphatic heterocycles. The average molecular weight is 400 g/mol. The van der Waals surface area contributed by atoms with Crippen LogP contribution >= 0.6 is 15.9 Å². The highest BCUT2D eigenvalue weighted by atomic mass is 79.9. The van der Waals surface area contributed by atoms with Crippen molar-refractivity contribution in [2.75, 3.05) is 0 Å². The molecule has 26 heavy (non-hydrogen) atoms. The van der Waals surface area contributed by atoms with Gasteiger partial charge in [0.25, 0.3) is 0 Å². The third-order valence-corrected chi connectivity index (χ3v) is 5.15. The topological polar surface area (TPSA) is 30.2 Å². The van der Waals surface area contributed by atoms with Crippen molar-refractivity contribution in [1.29, 1.82) is 0 Å². The minimum Gasteiger partial charge on any atom is -0.236 e. The molecule has 0 saturated carbocycles. The average Bonchev–Trinajstić information content (AvgIpc) is 3.12. The number of benzene rings is 3. The van der Waals surface area contributed by atoms with E-state index in [-0.39, 0.29) is 0 Å². The first-order valence-electron chi connectivity index (χ1n) is 8.38. The standard InChI is InChI=1S/C22H14BrN3/c23-17-10-8-16(9-11-17)20-14-25-26-21(12-13-24-22(20)26)19-7-3-5-15-4-1-2-6-18(15)19/h1-14H. The van der Waals surface area contributed by atoms with E-state index in [1.165, 1.54) is 10.8 Å². The fourth-order valence-corrected chi connectivity index (χ4v) is 3.64. The van der Waals surface area contributed by atoms with Crippen molar-refractivity contribution in [3.8, 4) is 22.4 Å². The number of rotatable bonds is 2. The van der Waals surface area contributed by atoms with Crippen molar-refractivity contribution < 1.29 is 0 Å². The zero-order chi connectivity index (χ0) is 17.5. The van der Waals surface area contributed by atoms with Gasteiger partial charge in [0, 0.05) is 21.8 Å². The molecular formula is C22H14BrN3. The molecule has 3 aromatic carbocycles. The molecule has 0 saturated heterocycles. The Kier molecular flexibility index (Phi) is 3.57. The van der Waals surface area contributed by atoms with E-state index < -0.39 is 0 Å². The number of hydrogen-bond donors (Lipinski definition) is 0. The van der Waals surface area contributed by atoms with Gasteiger partial charge in [0.15, 0.2) is 5.65 Å². The Morgan fingerprint density at radius 2 is 1.58 bits per heavy atom. The molecule has 0 N–H and O–H groups in total. The van der Waals surface area contributed by atoms with Gasteiger partial charge in [0.05, 0.1) is 11.9 Å². The molecule has 3 nitrogen and oxygen atoms in total. The Morgan fingerprint density at radius 3 is 2.46 bits per heavy atom. The van der Waals surface area contributed by atoms with Gasteiger partial charge >= 0.3 is 0 Å². The van der Waals surface area contributed by atoms with Gasteiger partial charge in [-0.05, 0) is 34.5 Å². The van der Waals surface area contributed by atoms with Crippen LogP contribution in [0.15, 0.2) is 89.7 Å². The van der Waals surface area contributed by atoms with Gasteiger partial charge in [-0.15, -0.1) is 0 Å². The molecular weight excluding hydrogens is 386 g/mol. The maximum absolute atomic E-state index is 4.64. The van der Waals surface area contributed by atoms with Gasteiger partial charge in [-0.3, -0.25) is 0 Å². The summed E-state index contributed by atoms with van der Waals surface area (Å²) in [5.41, 5.74) is 5.18. The summed E-state index contributed by atoms with van der Waals surface area (Å²) < 4.78 is 2.99. The quantitative estimate of drug-likeness (QED) is 0.365. The van der Waals surface area contributed by atoms with Crippen molar-refractivity contribution in [2.45, 2.75) is 0 Å². The lowest BCUT2D eigenvalue weighted by Gasteiger charge is -2.09. The maximum Gasteiger partial charge on any atom is 0.163 e. The largest absolute Gasteiger partial charge is 0.236 e. The predicted molar refractivity (Wildman–Crippen MR) is 109 cm³/mol. The Morgan fingerprint density at radius 1 is 0.769 bits per heavy atom. The number of fused-ring (bicyclic) bond motifs is 2. The molecule has 0 atom stereocenters. The van der Waals surface area contributed by atoms with E-state index in [1.807, 2.05) is 35.1 Å². The molecule has 5 aromatic rings. The highest BCUT2D eigenvalue weighted by Crippen LogP contribution is 2.31. The van der Waals surface area contributed by atoms with Crippen LogP contribution < -0.4 is 0 Å². The summed E-state index contributed by atoms with van der Waals surface area (Å²) in [5.74, 6) is 0. The lowest BCUT2D eigenvalue weighted by Crippen LogP contribution is -1.96. The summed E-state index contributed by atoms with van der Waals surface area (Å²) in [4.78, 5) is 4.59. The summed E-state index contributed by atoms with van der Waals surface area (Å²) in [6.45, 7) is 0. The van der Waals surface area contributed by atoms with E-state index in [1.54, 1.807) is 0 Å². The Labute approximate surface area is 159 Å². The van der Waals surface area contributed by atoms with Crippen molar-refractivity contribution in [2.24, 2.45) is 0 Å². The molecule has 124 valence electrons. The molecule has 2 aromatic heterocycles. The number of halogens is 1. The van der Waals surface area contributed by atoms with Crippen molar-refractivity contribution >= 4 is 32.3 Å². The van der Waals surface area contributed by atoms with E-state index in [4.69, 9.17) is 0 Å². The molecule has 0 spiro atoms. The third-order valence-electron chi connectivity index (χ3n) is 4.62. The predicted octanol–water partition coefficient (Wildman–Crippen LogP) is 5.98. The third kappa shape index (κ3) is 2.42. The summed E-state index contributed by atoms with van der Waals surface area (Å²) in [5, 5.41) is 7.07. The molecule has 0 aliphatic carbocycles. The first kappa shape index (κ1) is 15.3. The summed E-state index contributed by atoms with van der Waals surface area (Å²) >= 11 is 3.49. The first-order chi connectivity index (χ1) is 12.8. The van der Waals surface area contributed by atoms with Gasteiger partial charge in [-0.1, -0.05) is 70.5 Å². The fourth-order valence-electron chi connectivity index (χ4n) is 3.38. The highest BCUT2D eigenvalue weighted by Gasteiger charge is 2.13. The molecule has 2 heterocycles. The number of aromatic nitrogens is 3. The van der Waals surface area contributed by atoms with Crippen LogP contribution in [0.25, 0.3) is 38.8 Å². The van der Waals surface area contributed by atoms with E-state index >= 15 is 0 Å². The van der Waals surface area contributed by atoms with Gasteiger partial charge < -0.3 is 0 Å². The molecule has 0 radical (unpaired) electrons. The normalized spacial score (nSPS) is 11.3. The Balaban J connectivity index is 1.76. The molecule has 0 bridgehead atoms. The van der Waals surface area contributed by atoms with Crippen LogP contribution in [-0.4, -0.2) is 14.6 Å². The molecule has 0 fully saturated rings. The molecule has 4 heteroatoms. The molecule has 0 amide bonds. The summed E-state index contributed by atoms with van der Waals surface area (Å²) in [6, 6.07) is 25.0. The monoisotopic (exact) mass is 399 g/mol. The molecule has 0 aliphatic rings. The zero-order valence-electron chi connectivity index (χ0n) is 13.8. The van der Waals surface area contributed by atoms with Gasteiger partial charge in [-0.25, -0.2) is 9.50 Å². The molecule has 5 rings (SSSR count). The van der Waals surface area contributed by atoms with Crippen LogP contribution in [0.4, 0.5) is 0 Å². The van der Waals surface area contributed by atoms with Crippen LogP contribution in [0.3, 0.4) is 0 Å².